The molecule has 0 radical (unpaired) electrons. The molecule has 2 N–H and O–H groups in total. The van der Waals surface area contributed by atoms with Gasteiger partial charge < -0.3 is 15.3 Å². The fourth-order valence-corrected chi connectivity index (χ4v) is 3.29. The maximum Gasteiger partial charge on any atom is 0.225 e. The molecule has 26 heavy (non-hydrogen) atoms. The molecule has 5 nitrogen and oxygen atoms in total. The minimum Gasteiger partial charge on any atom is -0.508 e. The number of piperazine rings is 1. The Kier molecular flexibility index (Phi) is 6.11. The van der Waals surface area contributed by atoms with Crippen LogP contribution in [0.2, 0.25) is 0 Å². The van der Waals surface area contributed by atoms with E-state index in [1.807, 2.05) is 12.1 Å². The van der Waals surface area contributed by atoms with E-state index >= 15 is 0 Å². The highest BCUT2D eigenvalue weighted by Crippen LogP contribution is 2.21. The Hall–Kier alpha value is -2.12. The molecule has 0 spiro atoms. The summed E-state index contributed by atoms with van der Waals surface area (Å²) >= 11 is 3.19. The maximum absolute atomic E-state index is 13.8. The lowest BCUT2D eigenvalue weighted by molar-refractivity contribution is -0.116. The van der Waals surface area contributed by atoms with Crippen molar-refractivity contribution in [1.82, 2.24) is 4.90 Å². The van der Waals surface area contributed by atoms with Crippen LogP contribution in [0.3, 0.4) is 0 Å². The number of anilines is 2. The molecular weight excluding hydrogens is 401 g/mol. The van der Waals surface area contributed by atoms with Crippen molar-refractivity contribution in [2.75, 3.05) is 42.9 Å². The first-order valence-electron chi connectivity index (χ1n) is 8.52. The van der Waals surface area contributed by atoms with Crippen molar-refractivity contribution in [2.45, 2.75) is 6.42 Å². The second-order valence-electron chi connectivity index (χ2n) is 6.27. The number of benzene rings is 2. The molecule has 1 saturated heterocycles. The summed E-state index contributed by atoms with van der Waals surface area (Å²) in [4.78, 5) is 16.5. The zero-order valence-electron chi connectivity index (χ0n) is 14.3. The van der Waals surface area contributed by atoms with E-state index in [1.165, 1.54) is 6.07 Å². The van der Waals surface area contributed by atoms with E-state index in [-0.39, 0.29) is 17.3 Å². The fourth-order valence-electron chi connectivity index (χ4n) is 2.96. The van der Waals surface area contributed by atoms with Gasteiger partial charge in [-0.1, -0.05) is 15.9 Å². The highest BCUT2D eigenvalue weighted by Gasteiger charge is 2.18. The van der Waals surface area contributed by atoms with Gasteiger partial charge in [-0.3, -0.25) is 9.69 Å². The number of rotatable bonds is 5. The van der Waals surface area contributed by atoms with Crippen LogP contribution < -0.4 is 10.2 Å². The summed E-state index contributed by atoms with van der Waals surface area (Å²) in [6, 6.07) is 11.8. The van der Waals surface area contributed by atoms with Gasteiger partial charge in [0.1, 0.15) is 11.6 Å². The van der Waals surface area contributed by atoms with E-state index in [0.29, 0.717) is 17.4 Å². The smallest absolute Gasteiger partial charge is 0.225 e. The van der Waals surface area contributed by atoms with Crippen LogP contribution in [0.4, 0.5) is 15.8 Å². The van der Waals surface area contributed by atoms with Gasteiger partial charge in [0.2, 0.25) is 5.91 Å². The second kappa shape index (κ2) is 8.51. The maximum atomic E-state index is 13.8. The monoisotopic (exact) mass is 421 g/mol. The van der Waals surface area contributed by atoms with Crippen LogP contribution in [-0.2, 0) is 4.79 Å². The molecule has 2 aromatic carbocycles. The predicted molar refractivity (Wildman–Crippen MR) is 104 cm³/mol. The minimum atomic E-state index is -0.449. The lowest BCUT2D eigenvalue weighted by Gasteiger charge is -2.36. The molecule has 1 aliphatic rings. The third kappa shape index (κ3) is 4.95. The number of amides is 1. The van der Waals surface area contributed by atoms with Crippen molar-refractivity contribution >= 4 is 33.2 Å². The number of halogens is 2. The summed E-state index contributed by atoms with van der Waals surface area (Å²) < 4.78 is 14.4. The molecule has 0 bridgehead atoms. The van der Waals surface area contributed by atoms with Gasteiger partial charge in [-0.2, -0.15) is 0 Å². The Morgan fingerprint density at radius 1 is 1.12 bits per heavy atom. The highest BCUT2D eigenvalue weighted by atomic mass is 79.9. The summed E-state index contributed by atoms with van der Waals surface area (Å²) in [7, 11) is 0. The van der Waals surface area contributed by atoms with Crippen molar-refractivity contribution in [3.05, 3.63) is 52.8 Å². The summed E-state index contributed by atoms with van der Waals surface area (Å²) in [5.74, 6) is -0.372. The number of phenolic OH excluding ortho intramolecular Hbond substituents is 1. The molecule has 0 aromatic heterocycles. The number of hydrogen-bond acceptors (Lipinski definition) is 4. The van der Waals surface area contributed by atoms with E-state index < -0.39 is 5.82 Å². The lowest BCUT2D eigenvalue weighted by atomic mass is 10.2. The van der Waals surface area contributed by atoms with Gasteiger partial charge in [-0.25, -0.2) is 4.39 Å². The molecule has 138 valence electrons. The van der Waals surface area contributed by atoms with E-state index in [4.69, 9.17) is 0 Å². The van der Waals surface area contributed by atoms with Crippen LogP contribution in [0.25, 0.3) is 0 Å². The second-order valence-corrected chi connectivity index (χ2v) is 7.18. The van der Waals surface area contributed by atoms with Crippen LogP contribution in [0, 0.1) is 5.82 Å². The van der Waals surface area contributed by atoms with Crippen LogP contribution in [0.15, 0.2) is 46.9 Å². The van der Waals surface area contributed by atoms with Gasteiger partial charge in [0.15, 0.2) is 0 Å². The Balaban J connectivity index is 1.43. The van der Waals surface area contributed by atoms with Gasteiger partial charge >= 0.3 is 0 Å². The van der Waals surface area contributed by atoms with E-state index in [0.717, 1.165) is 31.9 Å². The number of carbonyl (C=O) groups is 1. The summed E-state index contributed by atoms with van der Waals surface area (Å²) in [5.41, 5.74) is 1.29. The van der Waals surface area contributed by atoms with E-state index in [1.54, 1.807) is 24.3 Å². The van der Waals surface area contributed by atoms with Crippen LogP contribution in [0.1, 0.15) is 6.42 Å². The largest absolute Gasteiger partial charge is 0.508 e. The van der Waals surface area contributed by atoms with Crippen molar-refractivity contribution in [2.24, 2.45) is 0 Å². The van der Waals surface area contributed by atoms with Crippen molar-refractivity contribution in [3.8, 4) is 5.75 Å². The average molecular weight is 422 g/mol. The Morgan fingerprint density at radius 3 is 2.46 bits per heavy atom. The van der Waals surface area contributed by atoms with Gasteiger partial charge in [0.05, 0.1) is 5.69 Å². The number of carbonyl (C=O) groups excluding carboxylic acids is 1. The average Bonchev–Trinajstić information content (AvgIpc) is 2.63. The Bertz CT molecular complexity index is 762. The zero-order valence-corrected chi connectivity index (χ0v) is 15.9. The van der Waals surface area contributed by atoms with Gasteiger partial charge in [0, 0.05) is 49.3 Å². The van der Waals surface area contributed by atoms with E-state index in [9.17, 15) is 14.3 Å². The highest BCUT2D eigenvalue weighted by molar-refractivity contribution is 9.10. The molecule has 0 atom stereocenters. The van der Waals surface area contributed by atoms with Gasteiger partial charge in [-0.05, 0) is 42.5 Å². The van der Waals surface area contributed by atoms with Gasteiger partial charge in [0.25, 0.3) is 0 Å². The SMILES string of the molecule is O=C(CCN1CCN(c2ccc(O)cc2)CC1)Nc1ccc(Br)cc1F. The summed E-state index contributed by atoms with van der Waals surface area (Å²) in [5, 5.41) is 12.0. The first-order chi connectivity index (χ1) is 12.5. The molecule has 2 aromatic rings. The molecular formula is C19H21BrFN3O2. The van der Waals surface area contributed by atoms with Crippen molar-refractivity contribution in [1.29, 1.82) is 0 Å². The number of phenols is 1. The molecule has 1 fully saturated rings. The molecule has 1 aliphatic heterocycles. The quantitative estimate of drug-likeness (QED) is 0.776. The summed E-state index contributed by atoms with van der Waals surface area (Å²) in [6.45, 7) is 4.11. The normalized spacial score (nSPS) is 15.1. The minimum absolute atomic E-state index is 0.188. The van der Waals surface area contributed by atoms with Crippen LogP contribution in [-0.4, -0.2) is 48.6 Å². The van der Waals surface area contributed by atoms with Crippen molar-refractivity contribution in [3.63, 3.8) is 0 Å². The summed E-state index contributed by atoms with van der Waals surface area (Å²) in [6.07, 6.45) is 0.328. The molecule has 0 saturated carbocycles. The number of hydrogen-bond donors (Lipinski definition) is 2. The van der Waals surface area contributed by atoms with E-state index in [2.05, 4.69) is 31.0 Å². The third-order valence-electron chi connectivity index (χ3n) is 4.45. The van der Waals surface area contributed by atoms with Crippen molar-refractivity contribution < 1.29 is 14.3 Å². The number of aromatic hydroxyl groups is 1. The molecule has 1 heterocycles. The number of nitrogens with one attached hydrogen (secondary N) is 1. The van der Waals surface area contributed by atoms with Gasteiger partial charge in [-0.15, -0.1) is 0 Å². The molecule has 1 amide bonds. The molecule has 0 unspecified atom stereocenters. The third-order valence-corrected chi connectivity index (χ3v) is 4.94. The predicted octanol–water partition coefficient (Wildman–Crippen LogP) is 3.44. The van der Waals surface area contributed by atoms with Crippen LogP contribution in [0.5, 0.6) is 5.75 Å². The molecule has 7 heteroatoms. The molecule has 3 rings (SSSR count). The first-order valence-corrected chi connectivity index (χ1v) is 9.32. The first kappa shape index (κ1) is 18.7. The Morgan fingerprint density at radius 2 is 1.81 bits per heavy atom. The topological polar surface area (TPSA) is 55.8 Å². The zero-order chi connectivity index (χ0) is 18.5. The number of nitrogens with zero attached hydrogens (tertiary/aromatic N) is 2. The molecule has 0 aliphatic carbocycles. The fraction of sp³-hybridized carbons (Fsp3) is 0.316. The lowest BCUT2D eigenvalue weighted by Crippen LogP contribution is -2.47. The Labute approximate surface area is 160 Å². The standard InChI is InChI=1S/C19H21BrFN3O2/c20-14-1-6-18(17(21)13-14)22-19(26)7-8-23-9-11-24(12-10-23)15-2-4-16(25)5-3-15/h1-6,13,25H,7-12H2,(H,22,26). The van der Waals surface area contributed by atoms with Crippen LogP contribution >= 0.6 is 15.9 Å².